The molecule has 0 aromatic carbocycles. The highest BCUT2D eigenvalue weighted by molar-refractivity contribution is 7.08. The molecule has 2 rings (SSSR count). The molecular weight excluding hydrogens is 276 g/mol. The van der Waals surface area contributed by atoms with E-state index >= 15 is 0 Å². The first-order chi connectivity index (χ1) is 9.34. The summed E-state index contributed by atoms with van der Waals surface area (Å²) in [4.78, 5) is 15.8. The van der Waals surface area contributed by atoms with Gasteiger partial charge in [0.15, 0.2) is 0 Å². The predicted molar refractivity (Wildman–Crippen MR) is 76.6 cm³/mol. The van der Waals surface area contributed by atoms with Crippen molar-refractivity contribution in [1.82, 2.24) is 10.1 Å². The molecule has 5 nitrogen and oxygen atoms in total. The molecule has 1 N–H and O–H groups in total. The van der Waals surface area contributed by atoms with Gasteiger partial charge in [0.2, 0.25) is 11.7 Å². The average molecular weight is 294 g/mol. The van der Waals surface area contributed by atoms with Crippen LogP contribution < -0.4 is 0 Å². The largest absolute Gasteiger partial charge is 0.481 e. The van der Waals surface area contributed by atoms with E-state index in [-0.39, 0.29) is 12.3 Å². The fourth-order valence-electron chi connectivity index (χ4n) is 1.87. The molecule has 0 aliphatic carbocycles. The zero-order valence-electron chi connectivity index (χ0n) is 12.0. The zero-order valence-corrected chi connectivity index (χ0v) is 12.8. The van der Waals surface area contributed by atoms with Gasteiger partial charge >= 0.3 is 5.97 Å². The molecule has 0 spiro atoms. The number of aromatic nitrogens is 2. The molecule has 0 aliphatic rings. The van der Waals surface area contributed by atoms with Gasteiger partial charge in [-0.1, -0.05) is 19.0 Å². The van der Waals surface area contributed by atoms with Gasteiger partial charge in [-0.3, -0.25) is 4.79 Å². The van der Waals surface area contributed by atoms with Crippen LogP contribution in [0.15, 0.2) is 15.3 Å². The third kappa shape index (κ3) is 2.60. The van der Waals surface area contributed by atoms with Crippen molar-refractivity contribution in [3.05, 3.63) is 22.2 Å². The number of carboxylic acid groups (broad SMARTS) is 1. The van der Waals surface area contributed by atoms with Gasteiger partial charge < -0.3 is 9.63 Å². The van der Waals surface area contributed by atoms with E-state index in [1.807, 2.05) is 31.5 Å². The second kappa shape index (κ2) is 5.36. The number of thiophene rings is 1. The van der Waals surface area contributed by atoms with Gasteiger partial charge in [0.1, 0.15) is 0 Å². The Balaban J connectivity index is 2.26. The summed E-state index contributed by atoms with van der Waals surface area (Å²) in [6, 6.07) is 0. The summed E-state index contributed by atoms with van der Waals surface area (Å²) in [6.45, 7) is 7.46. The smallest absolute Gasteiger partial charge is 0.310 e. The first-order valence-corrected chi connectivity index (χ1v) is 7.38. The van der Waals surface area contributed by atoms with Crippen LogP contribution in [0.3, 0.4) is 0 Å². The van der Waals surface area contributed by atoms with E-state index in [0.29, 0.717) is 11.7 Å². The minimum atomic E-state index is -0.909. The van der Waals surface area contributed by atoms with E-state index in [1.54, 1.807) is 18.3 Å². The van der Waals surface area contributed by atoms with Crippen molar-refractivity contribution < 1.29 is 14.4 Å². The van der Waals surface area contributed by atoms with Crippen LogP contribution >= 0.6 is 11.3 Å². The Morgan fingerprint density at radius 3 is 2.70 bits per heavy atom. The van der Waals surface area contributed by atoms with Crippen LogP contribution in [-0.2, 0) is 11.2 Å². The van der Waals surface area contributed by atoms with Crippen LogP contribution in [0.25, 0.3) is 11.4 Å². The molecule has 0 radical (unpaired) electrons. The maximum Gasteiger partial charge on any atom is 0.310 e. The van der Waals surface area contributed by atoms with Gasteiger partial charge in [-0.05, 0) is 30.7 Å². The quantitative estimate of drug-likeness (QED) is 0.914. The van der Waals surface area contributed by atoms with Crippen LogP contribution in [-0.4, -0.2) is 21.2 Å². The summed E-state index contributed by atoms with van der Waals surface area (Å²) in [7, 11) is 0. The highest BCUT2D eigenvalue weighted by atomic mass is 32.1. The summed E-state index contributed by atoms with van der Waals surface area (Å²) < 4.78 is 5.22. The van der Waals surface area contributed by atoms with Gasteiger partial charge in [-0.25, -0.2) is 0 Å². The van der Waals surface area contributed by atoms with Gasteiger partial charge in [0.05, 0.1) is 5.41 Å². The fraction of sp³-hybridized carbons (Fsp3) is 0.500. The van der Waals surface area contributed by atoms with Crippen molar-refractivity contribution in [3.63, 3.8) is 0 Å². The number of hydrogen-bond donors (Lipinski definition) is 1. The summed E-state index contributed by atoms with van der Waals surface area (Å²) in [6.07, 6.45) is 0.232. The van der Waals surface area contributed by atoms with Gasteiger partial charge in [-0.2, -0.15) is 16.3 Å². The molecule has 2 aromatic heterocycles. The van der Waals surface area contributed by atoms with Crippen LogP contribution in [0.2, 0.25) is 0 Å². The normalized spacial score (nSPS) is 14.4. The molecule has 0 amide bonds. The monoisotopic (exact) mass is 294 g/mol. The summed E-state index contributed by atoms with van der Waals surface area (Å²) in [5, 5.41) is 17.3. The molecular formula is C14H18N2O3S. The SMILES string of the molecule is Cc1cscc1-c1noc(CC(C)(C(=O)O)C(C)C)n1. The van der Waals surface area contributed by atoms with E-state index < -0.39 is 11.4 Å². The molecule has 108 valence electrons. The summed E-state index contributed by atoms with van der Waals surface area (Å²) >= 11 is 1.58. The van der Waals surface area contributed by atoms with E-state index in [9.17, 15) is 9.90 Å². The number of carbonyl (C=O) groups is 1. The number of aliphatic carboxylic acids is 1. The van der Waals surface area contributed by atoms with E-state index in [4.69, 9.17) is 4.52 Å². The van der Waals surface area contributed by atoms with Crippen LogP contribution in [0, 0.1) is 18.3 Å². The Kier molecular flexibility index (Phi) is 3.94. The second-order valence-electron chi connectivity index (χ2n) is 5.53. The van der Waals surface area contributed by atoms with E-state index in [0.717, 1.165) is 11.1 Å². The highest BCUT2D eigenvalue weighted by Gasteiger charge is 2.38. The van der Waals surface area contributed by atoms with Gasteiger partial charge in [-0.15, -0.1) is 0 Å². The molecule has 1 atom stereocenters. The van der Waals surface area contributed by atoms with Crippen molar-refractivity contribution in [2.24, 2.45) is 11.3 Å². The number of rotatable bonds is 5. The van der Waals surface area contributed by atoms with Crippen molar-refractivity contribution in [1.29, 1.82) is 0 Å². The van der Waals surface area contributed by atoms with Crippen molar-refractivity contribution in [2.45, 2.75) is 34.1 Å². The molecule has 1 unspecified atom stereocenters. The summed E-state index contributed by atoms with van der Waals surface area (Å²) in [5.74, 6) is 0.0108. The molecule has 2 aromatic rings. The van der Waals surface area contributed by atoms with Gasteiger partial charge in [0.25, 0.3) is 0 Å². The topological polar surface area (TPSA) is 76.2 Å². The number of carboxylic acids is 1. The molecule has 0 saturated carbocycles. The molecule has 0 bridgehead atoms. The molecule has 0 saturated heterocycles. The van der Waals surface area contributed by atoms with E-state index in [1.165, 1.54) is 0 Å². The molecule has 6 heteroatoms. The molecule has 2 heterocycles. The first-order valence-electron chi connectivity index (χ1n) is 6.43. The zero-order chi connectivity index (χ0) is 14.9. The van der Waals surface area contributed by atoms with Crippen molar-refractivity contribution in [3.8, 4) is 11.4 Å². The maximum atomic E-state index is 11.5. The lowest BCUT2D eigenvalue weighted by Crippen LogP contribution is -2.35. The Hall–Kier alpha value is -1.69. The van der Waals surface area contributed by atoms with Crippen molar-refractivity contribution in [2.75, 3.05) is 0 Å². The Morgan fingerprint density at radius 1 is 1.50 bits per heavy atom. The fourth-order valence-corrected chi connectivity index (χ4v) is 2.69. The average Bonchev–Trinajstić information content (AvgIpc) is 2.97. The number of nitrogens with zero attached hydrogens (tertiary/aromatic N) is 2. The third-order valence-electron chi connectivity index (χ3n) is 3.85. The van der Waals surface area contributed by atoms with Gasteiger partial charge in [0, 0.05) is 17.4 Å². The number of hydrogen-bond acceptors (Lipinski definition) is 5. The maximum absolute atomic E-state index is 11.5. The minimum Gasteiger partial charge on any atom is -0.481 e. The van der Waals surface area contributed by atoms with Crippen LogP contribution in [0.4, 0.5) is 0 Å². The Labute approximate surface area is 121 Å². The minimum absolute atomic E-state index is 0.0294. The Morgan fingerprint density at radius 2 is 2.20 bits per heavy atom. The Bertz CT molecular complexity index is 617. The summed E-state index contributed by atoms with van der Waals surface area (Å²) in [5.41, 5.74) is 1.12. The van der Waals surface area contributed by atoms with Crippen LogP contribution in [0.5, 0.6) is 0 Å². The second-order valence-corrected chi connectivity index (χ2v) is 6.28. The van der Waals surface area contributed by atoms with E-state index in [2.05, 4.69) is 10.1 Å². The number of aryl methyl sites for hydroxylation is 1. The molecule has 0 fully saturated rings. The molecule has 0 aliphatic heterocycles. The molecule has 20 heavy (non-hydrogen) atoms. The van der Waals surface area contributed by atoms with Crippen molar-refractivity contribution >= 4 is 17.3 Å². The lowest BCUT2D eigenvalue weighted by Gasteiger charge is -2.27. The lowest BCUT2D eigenvalue weighted by atomic mass is 9.76. The highest BCUT2D eigenvalue weighted by Crippen LogP contribution is 2.32. The predicted octanol–water partition coefficient (Wildman–Crippen LogP) is 3.40. The van der Waals surface area contributed by atoms with Crippen LogP contribution in [0.1, 0.15) is 32.2 Å². The standard InChI is InChI=1S/C14H18N2O3S/c1-8(2)14(4,13(17)18)5-11-15-12(16-19-11)10-7-20-6-9(10)3/h6-8H,5H2,1-4H3,(H,17,18). The third-order valence-corrected chi connectivity index (χ3v) is 4.71. The lowest BCUT2D eigenvalue weighted by molar-refractivity contribution is -0.150. The first kappa shape index (κ1) is 14.7.